The Hall–Kier alpha value is -1.10. The second-order valence-electron chi connectivity index (χ2n) is 1.90. The van der Waals surface area contributed by atoms with Crippen molar-refractivity contribution in [1.82, 2.24) is 10.3 Å². The number of carbonyl (C=O) groups excluding carboxylic acids is 1. The van der Waals surface area contributed by atoms with Crippen LogP contribution in [0.2, 0.25) is 0 Å². The highest BCUT2D eigenvalue weighted by atomic mass is 16.3. The van der Waals surface area contributed by atoms with Crippen LogP contribution in [0.15, 0.2) is 5.10 Å². The number of nitrogens with zero attached hydrogens (tertiary/aromatic N) is 2. The summed E-state index contributed by atoms with van der Waals surface area (Å²) in [6, 6.07) is 0. The molecule has 2 N–H and O–H groups in total. The molecule has 0 unspecified atom stereocenters. The summed E-state index contributed by atoms with van der Waals surface area (Å²) in [7, 11) is 3.54. The molecule has 0 rings (SSSR count). The van der Waals surface area contributed by atoms with Crippen molar-refractivity contribution in [2.45, 2.75) is 0 Å². The first-order valence-electron chi connectivity index (χ1n) is 2.76. The maximum atomic E-state index is 10.3. The average Bonchev–Trinajstić information content (AvgIpc) is 1.87. The van der Waals surface area contributed by atoms with Gasteiger partial charge in [-0.3, -0.25) is 4.79 Å². The van der Waals surface area contributed by atoms with Crippen LogP contribution in [-0.2, 0) is 4.79 Å². The van der Waals surface area contributed by atoms with Crippen LogP contribution in [0, 0.1) is 0 Å². The van der Waals surface area contributed by atoms with Gasteiger partial charge in [0.15, 0.2) is 0 Å². The molecule has 0 spiro atoms. The van der Waals surface area contributed by atoms with Crippen molar-refractivity contribution in [3.8, 4) is 0 Å². The monoisotopic (exact) mass is 145 g/mol. The van der Waals surface area contributed by atoms with E-state index in [4.69, 9.17) is 5.11 Å². The lowest BCUT2D eigenvalue weighted by atomic mass is 10.7. The van der Waals surface area contributed by atoms with Crippen molar-refractivity contribution in [1.29, 1.82) is 0 Å². The summed E-state index contributed by atoms with van der Waals surface area (Å²) in [6.45, 7) is -0.537. The maximum absolute atomic E-state index is 10.3. The Morgan fingerprint density at radius 3 is 2.80 bits per heavy atom. The van der Waals surface area contributed by atoms with E-state index in [-0.39, 0.29) is 0 Å². The first-order valence-corrected chi connectivity index (χ1v) is 2.76. The van der Waals surface area contributed by atoms with Gasteiger partial charge in [-0.15, -0.1) is 0 Å². The molecular formula is C5H11N3O2. The first kappa shape index (κ1) is 8.90. The van der Waals surface area contributed by atoms with Gasteiger partial charge in [0.1, 0.15) is 12.9 Å². The highest BCUT2D eigenvalue weighted by Crippen LogP contribution is 1.65. The molecule has 0 aromatic rings. The van der Waals surface area contributed by atoms with E-state index < -0.39 is 12.5 Å². The Bertz CT molecular complexity index is 133. The van der Waals surface area contributed by atoms with Crippen LogP contribution in [0.3, 0.4) is 0 Å². The highest BCUT2D eigenvalue weighted by Gasteiger charge is 1.91. The fraction of sp³-hybridized carbons (Fsp3) is 0.600. The van der Waals surface area contributed by atoms with Gasteiger partial charge in [-0.05, 0) is 0 Å². The van der Waals surface area contributed by atoms with Crippen LogP contribution < -0.4 is 5.43 Å². The number of hydrogen-bond donors (Lipinski definition) is 2. The third-order valence-corrected chi connectivity index (χ3v) is 0.622. The number of nitrogens with one attached hydrogen (secondary N) is 1. The minimum Gasteiger partial charge on any atom is -0.386 e. The van der Waals surface area contributed by atoms with Crippen molar-refractivity contribution in [2.24, 2.45) is 5.10 Å². The molecule has 1 amide bonds. The van der Waals surface area contributed by atoms with E-state index in [1.165, 1.54) is 6.34 Å². The van der Waals surface area contributed by atoms with Crippen LogP contribution in [0.1, 0.15) is 0 Å². The molecule has 0 aliphatic carbocycles. The van der Waals surface area contributed by atoms with E-state index in [1.54, 1.807) is 19.0 Å². The van der Waals surface area contributed by atoms with E-state index in [9.17, 15) is 4.79 Å². The van der Waals surface area contributed by atoms with Gasteiger partial charge in [-0.2, -0.15) is 5.10 Å². The van der Waals surface area contributed by atoms with Gasteiger partial charge in [0.2, 0.25) is 0 Å². The standard InChI is InChI=1S/C5H11N3O2/c1-8(2)4-6-7-5(10)3-9/h4,9H,3H2,1-2H3,(H,7,10)/b6-4+. The van der Waals surface area contributed by atoms with Crippen molar-refractivity contribution in [3.05, 3.63) is 0 Å². The maximum Gasteiger partial charge on any atom is 0.265 e. The lowest BCUT2D eigenvalue weighted by molar-refractivity contribution is -0.123. The topological polar surface area (TPSA) is 64.9 Å². The van der Waals surface area contributed by atoms with Crippen molar-refractivity contribution in [3.63, 3.8) is 0 Å². The second kappa shape index (κ2) is 4.75. The van der Waals surface area contributed by atoms with Crippen LogP contribution >= 0.6 is 0 Å². The summed E-state index contributed by atoms with van der Waals surface area (Å²) in [6.07, 6.45) is 1.42. The summed E-state index contributed by atoms with van der Waals surface area (Å²) in [5.41, 5.74) is 2.10. The van der Waals surface area contributed by atoms with Crippen molar-refractivity contribution >= 4 is 12.2 Å². The molecule has 5 heteroatoms. The fourth-order valence-corrected chi connectivity index (χ4v) is 0.252. The minimum absolute atomic E-state index is 0.516. The zero-order valence-corrected chi connectivity index (χ0v) is 6.03. The number of carbonyl (C=O) groups is 1. The van der Waals surface area contributed by atoms with Crippen LogP contribution in [-0.4, -0.2) is 43.0 Å². The van der Waals surface area contributed by atoms with Crippen LogP contribution in [0.25, 0.3) is 0 Å². The minimum atomic E-state index is -0.537. The van der Waals surface area contributed by atoms with Crippen LogP contribution in [0.5, 0.6) is 0 Å². The summed E-state index contributed by atoms with van der Waals surface area (Å²) < 4.78 is 0. The van der Waals surface area contributed by atoms with E-state index in [2.05, 4.69) is 10.5 Å². The Morgan fingerprint density at radius 2 is 2.40 bits per heavy atom. The molecule has 0 heterocycles. The van der Waals surface area contributed by atoms with Gasteiger partial charge in [-0.25, -0.2) is 5.43 Å². The average molecular weight is 145 g/mol. The Balaban J connectivity index is 3.43. The molecule has 0 bridgehead atoms. The number of aliphatic hydroxyl groups excluding tert-OH is 1. The molecule has 0 saturated carbocycles. The summed E-state index contributed by atoms with van der Waals surface area (Å²) in [5, 5.41) is 11.7. The molecule has 5 nitrogen and oxygen atoms in total. The number of aliphatic hydroxyl groups is 1. The molecule has 0 aliphatic heterocycles. The molecule has 0 aromatic carbocycles. The molecule has 0 saturated heterocycles. The molecule has 0 aromatic heterocycles. The van der Waals surface area contributed by atoms with E-state index in [0.29, 0.717) is 0 Å². The smallest absolute Gasteiger partial charge is 0.265 e. The van der Waals surface area contributed by atoms with Crippen LogP contribution in [0.4, 0.5) is 0 Å². The molecule has 0 aliphatic rings. The zero-order chi connectivity index (χ0) is 7.98. The third-order valence-electron chi connectivity index (χ3n) is 0.622. The number of hydrogen-bond acceptors (Lipinski definition) is 3. The van der Waals surface area contributed by atoms with Gasteiger partial charge in [0.25, 0.3) is 5.91 Å². The predicted molar refractivity (Wildman–Crippen MR) is 37.4 cm³/mol. The van der Waals surface area contributed by atoms with Gasteiger partial charge in [0.05, 0.1) is 0 Å². The predicted octanol–water partition coefficient (Wildman–Crippen LogP) is -1.40. The van der Waals surface area contributed by atoms with Crippen molar-refractivity contribution < 1.29 is 9.90 Å². The van der Waals surface area contributed by atoms with E-state index in [1.807, 2.05) is 0 Å². The second-order valence-corrected chi connectivity index (χ2v) is 1.90. The summed E-state index contributed by atoms with van der Waals surface area (Å²) >= 11 is 0. The summed E-state index contributed by atoms with van der Waals surface area (Å²) in [4.78, 5) is 12.0. The van der Waals surface area contributed by atoms with Crippen molar-refractivity contribution in [2.75, 3.05) is 20.7 Å². The zero-order valence-electron chi connectivity index (χ0n) is 6.03. The van der Waals surface area contributed by atoms with Gasteiger partial charge in [0, 0.05) is 14.1 Å². The molecule has 58 valence electrons. The quantitative estimate of drug-likeness (QED) is 0.291. The Labute approximate surface area is 59.3 Å². The lowest BCUT2D eigenvalue weighted by Gasteiger charge is -2.01. The Morgan fingerprint density at radius 1 is 1.80 bits per heavy atom. The number of rotatable bonds is 3. The van der Waals surface area contributed by atoms with Gasteiger partial charge >= 0.3 is 0 Å². The Kier molecular flexibility index (Phi) is 4.23. The lowest BCUT2D eigenvalue weighted by Crippen LogP contribution is -2.22. The molecule has 10 heavy (non-hydrogen) atoms. The fourth-order valence-electron chi connectivity index (χ4n) is 0.252. The summed E-state index contributed by atoms with van der Waals surface area (Å²) in [5.74, 6) is -0.516. The third kappa shape index (κ3) is 5.04. The molecular weight excluding hydrogens is 134 g/mol. The number of hydrazone groups is 1. The first-order chi connectivity index (χ1) is 4.66. The van der Waals surface area contributed by atoms with Gasteiger partial charge in [-0.1, -0.05) is 0 Å². The molecule has 0 fully saturated rings. The highest BCUT2D eigenvalue weighted by molar-refractivity contribution is 5.77. The van der Waals surface area contributed by atoms with Gasteiger partial charge < -0.3 is 10.0 Å². The normalized spacial score (nSPS) is 9.90. The largest absolute Gasteiger partial charge is 0.386 e. The van der Waals surface area contributed by atoms with E-state index >= 15 is 0 Å². The molecule has 0 atom stereocenters. The molecule has 0 radical (unpaired) electrons. The SMILES string of the molecule is CN(C)/C=N/NC(=O)CO. The van der Waals surface area contributed by atoms with E-state index in [0.717, 1.165) is 0 Å². The number of amides is 1.